The quantitative estimate of drug-likeness (QED) is 0.692. The van der Waals surface area contributed by atoms with Gasteiger partial charge in [-0.15, -0.1) is 0 Å². The molecule has 0 saturated carbocycles. The number of hydrogen-bond acceptors (Lipinski definition) is 4. The molecule has 7 heteroatoms. The highest BCUT2D eigenvalue weighted by Crippen LogP contribution is 2.14. The molecule has 102 valence electrons. The first-order valence-electron chi connectivity index (χ1n) is 5.91. The monoisotopic (exact) mass is 266 g/mol. The molecule has 0 spiro atoms. The van der Waals surface area contributed by atoms with Crippen molar-refractivity contribution in [3.8, 4) is 0 Å². The number of nitrogens with one attached hydrogen (secondary N) is 1. The number of aliphatic hydroxyl groups is 1. The van der Waals surface area contributed by atoms with Crippen molar-refractivity contribution in [3.63, 3.8) is 0 Å². The fourth-order valence-electron chi connectivity index (χ4n) is 1.82. The van der Waals surface area contributed by atoms with Crippen LogP contribution in [0, 0.1) is 0 Å². The summed E-state index contributed by atoms with van der Waals surface area (Å²) >= 11 is 0. The Morgan fingerprint density at radius 2 is 2.24 bits per heavy atom. The second kappa shape index (κ2) is 6.65. The second-order valence-corrected chi connectivity index (χ2v) is 6.23. The largest absolute Gasteiger partial charge is 0.396 e. The third-order valence-corrected chi connectivity index (χ3v) is 4.48. The smallest absolute Gasteiger partial charge is 0.279 e. The normalized spacial score (nSPS) is 26.4. The number of hydrogen-bond donors (Lipinski definition) is 2. The van der Waals surface area contributed by atoms with Crippen LogP contribution in [0.25, 0.3) is 0 Å². The van der Waals surface area contributed by atoms with E-state index in [1.807, 2.05) is 6.92 Å². The van der Waals surface area contributed by atoms with E-state index in [1.165, 1.54) is 11.4 Å². The SMILES string of the molecule is CC1CC(NS(=O)(=O)N(C)CCCO)CCO1. The molecule has 0 aromatic heterocycles. The molecule has 0 radical (unpaired) electrons. The maximum Gasteiger partial charge on any atom is 0.279 e. The van der Waals surface area contributed by atoms with Crippen molar-refractivity contribution in [2.24, 2.45) is 0 Å². The zero-order valence-corrected chi connectivity index (χ0v) is 11.2. The van der Waals surface area contributed by atoms with Gasteiger partial charge in [0.1, 0.15) is 0 Å². The van der Waals surface area contributed by atoms with Crippen molar-refractivity contribution in [1.29, 1.82) is 0 Å². The number of nitrogens with zero attached hydrogens (tertiary/aromatic N) is 1. The molecule has 17 heavy (non-hydrogen) atoms. The summed E-state index contributed by atoms with van der Waals surface area (Å²) in [7, 11) is -1.92. The Morgan fingerprint density at radius 3 is 2.82 bits per heavy atom. The van der Waals surface area contributed by atoms with E-state index in [9.17, 15) is 8.42 Å². The summed E-state index contributed by atoms with van der Waals surface area (Å²) in [6, 6.07) is -0.0553. The highest BCUT2D eigenvalue weighted by atomic mass is 32.2. The Labute approximate surface area is 103 Å². The third-order valence-electron chi connectivity index (χ3n) is 2.84. The van der Waals surface area contributed by atoms with Crippen molar-refractivity contribution >= 4 is 10.2 Å². The van der Waals surface area contributed by atoms with Crippen LogP contribution in [0.2, 0.25) is 0 Å². The summed E-state index contributed by atoms with van der Waals surface area (Å²) in [4.78, 5) is 0. The first-order chi connectivity index (χ1) is 7.95. The minimum absolute atomic E-state index is 0.00579. The molecule has 2 atom stereocenters. The van der Waals surface area contributed by atoms with Gasteiger partial charge in [-0.1, -0.05) is 0 Å². The van der Waals surface area contributed by atoms with Gasteiger partial charge >= 0.3 is 0 Å². The van der Waals surface area contributed by atoms with Crippen LogP contribution in [0.3, 0.4) is 0 Å². The van der Waals surface area contributed by atoms with Crippen LogP contribution in [-0.4, -0.2) is 56.8 Å². The van der Waals surface area contributed by atoms with Gasteiger partial charge in [0.15, 0.2) is 0 Å². The zero-order chi connectivity index (χ0) is 12.9. The van der Waals surface area contributed by atoms with Gasteiger partial charge < -0.3 is 9.84 Å². The van der Waals surface area contributed by atoms with Crippen molar-refractivity contribution < 1.29 is 18.3 Å². The van der Waals surface area contributed by atoms with Gasteiger partial charge in [0.25, 0.3) is 10.2 Å². The maximum absolute atomic E-state index is 11.9. The standard InChI is InChI=1S/C10H22N2O4S/c1-9-8-10(4-7-16-9)11-17(14,15)12(2)5-3-6-13/h9-11,13H,3-8H2,1-2H3. The maximum atomic E-state index is 11.9. The van der Waals surface area contributed by atoms with Gasteiger partial charge in [-0.3, -0.25) is 0 Å². The van der Waals surface area contributed by atoms with Crippen LogP contribution in [0.1, 0.15) is 26.2 Å². The Morgan fingerprint density at radius 1 is 1.53 bits per heavy atom. The molecule has 1 aliphatic heterocycles. The summed E-state index contributed by atoms with van der Waals surface area (Å²) in [5.41, 5.74) is 0. The third kappa shape index (κ3) is 4.89. The van der Waals surface area contributed by atoms with Crippen LogP contribution in [0.4, 0.5) is 0 Å². The summed E-state index contributed by atoms with van der Waals surface area (Å²) < 4.78 is 33.1. The minimum Gasteiger partial charge on any atom is -0.396 e. The molecule has 1 fully saturated rings. The van der Waals surface area contributed by atoms with Crippen molar-refractivity contribution in [2.45, 2.75) is 38.3 Å². The molecule has 1 saturated heterocycles. The lowest BCUT2D eigenvalue weighted by atomic mass is 10.1. The molecule has 1 heterocycles. The average Bonchev–Trinajstić information content (AvgIpc) is 2.25. The number of aliphatic hydroxyl groups excluding tert-OH is 1. The highest BCUT2D eigenvalue weighted by molar-refractivity contribution is 7.87. The molecule has 1 rings (SSSR count). The molecular formula is C10H22N2O4S. The van der Waals surface area contributed by atoms with Crippen LogP contribution in [0.5, 0.6) is 0 Å². The van der Waals surface area contributed by atoms with E-state index in [1.54, 1.807) is 0 Å². The lowest BCUT2D eigenvalue weighted by Gasteiger charge is -2.29. The Bertz CT molecular complexity index is 320. The van der Waals surface area contributed by atoms with Gasteiger partial charge in [0.05, 0.1) is 6.10 Å². The summed E-state index contributed by atoms with van der Waals surface area (Å²) in [5, 5.41) is 8.68. The fourth-order valence-corrected chi connectivity index (χ4v) is 3.00. The molecule has 0 aliphatic carbocycles. The second-order valence-electron chi connectivity index (χ2n) is 4.42. The zero-order valence-electron chi connectivity index (χ0n) is 10.4. The van der Waals surface area contributed by atoms with Crippen LogP contribution in [0.15, 0.2) is 0 Å². The van der Waals surface area contributed by atoms with Crippen LogP contribution >= 0.6 is 0 Å². The minimum atomic E-state index is -3.44. The number of rotatable bonds is 6. The van der Waals surface area contributed by atoms with E-state index in [0.29, 0.717) is 32.4 Å². The van der Waals surface area contributed by atoms with E-state index in [-0.39, 0.29) is 18.8 Å². The first-order valence-corrected chi connectivity index (χ1v) is 7.35. The first kappa shape index (κ1) is 14.8. The van der Waals surface area contributed by atoms with Gasteiger partial charge in [0.2, 0.25) is 0 Å². The summed E-state index contributed by atoms with van der Waals surface area (Å²) in [6.45, 7) is 2.85. The van der Waals surface area contributed by atoms with E-state index in [4.69, 9.17) is 9.84 Å². The molecule has 0 aromatic carbocycles. The molecular weight excluding hydrogens is 244 g/mol. The molecule has 0 amide bonds. The van der Waals surface area contributed by atoms with E-state index in [2.05, 4.69) is 4.72 Å². The van der Waals surface area contributed by atoms with Gasteiger partial charge in [-0.25, -0.2) is 0 Å². The Hall–Kier alpha value is -0.210. The van der Waals surface area contributed by atoms with Gasteiger partial charge in [-0.05, 0) is 26.2 Å². The molecule has 0 aromatic rings. The molecule has 1 aliphatic rings. The van der Waals surface area contributed by atoms with Crippen molar-refractivity contribution in [2.75, 3.05) is 26.8 Å². The van der Waals surface area contributed by atoms with Crippen LogP contribution < -0.4 is 4.72 Å². The molecule has 2 unspecified atom stereocenters. The van der Waals surface area contributed by atoms with Crippen molar-refractivity contribution in [1.82, 2.24) is 9.03 Å². The number of ether oxygens (including phenoxy) is 1. The topological polar surface area (TPSA) is 78.9 Å². The van der Waals surface area contributed by atoms with E-state index < -0.39 is 10.2 Å². The van der Waals surface area contributed by atoms with Crippen molar-refractivity contribution in [3.05, 3.63) is 0 Å². The predicted octanol–water partition coefficient (Wildman–Crippen LogP) is -0.297. The molecule has 0 bridgehead atoms. The van der Waals surface area contributed by atoms with Gasteiger partial charge in [0, 0.05) is 32.8 Å². The summed E-state index contributed by atoms with van der Waals surface area (Å²) in [5.74, 6) is 0. The Kier molecular flexibility index (Phi) is 5.81. The Balaban J connectivity index is 2.47. The van der Waals surface area contributed by atoms with E-state index in [0.717, 1.165) is 0 Å². The molecule has 6 nitrogen and oxygen atoms in total. The highest BCUT2D eigenvalue weighted by Gasteiger charge is 2.26. The predicted molar refractivity (Wildman–Crippen MR) is 64.8 cm³/mol. The van der Waals surface area contributed by atoms with Crippen LogP contribution in [-0.2, 0) is 14.9 Å². The molecule has 2 N–H and O–H groups in total. The average molecular weight is 266 g/mol. The van der Waals surface area contributed by atoms with E-state index >= 15 is 0 Å². The lowest BCUT2D eigenvalue weighted by Crippen LogP contribution is -2.47. The lowest BCUT2D eigenvalue weighted by molar-refractivity contribution is 0.0171. The van der Waals surface area contributed by atoms with Gasteiger partial charge in [-0.2, -0.15) is 17.4 Å². The fraction of sp³-hybridized carbons (Fsp3) is 1.00. The summed E-state index contributed by atoms with van der Waals surface area (Å²) in [6.07, 6.45) is 1.95.